The van der Waals surface area contributed by atoms with Crippen LogP contribution < -0.4 is 10.1 Å². The number of halogens is 2. The molecule has 0 aliphatic carbocycles. The maximum absolute atomic E-state index is 13.7. The van der Waals surface area contributed by atoms with Gasteiger partial charge in [0.15, 0.2) is 11.6 Å². The van der Waals surface area contributed by atoms with Gasteiger partial charge in [0.05, 0.1) is 0 Å². The number of rotatable bonds is 4. The molecule has 0 saturated heterocycles. The highest BCUT2D eigenvalue weighted by Gasteiger charge is 2.15. The number of amides is 1. The van der Waals surface area contributed by atoms with Crippen molar-refractivity contribution in [2.75, 3.05) is 5.32 Å². The summed E-state index contributed by atoms with van der Waals surface area (Å²) < 4.78 is 32.3. The Morgan fingerprint density at radius 1 is 1.15 bits per heavy atom. The number of hydrogen-bond donors (Lipinski definition) is 1. The first-order chi connectivity index (χ1) is 9.58. The first kappa shape index (κ1) is 14.0. The number of carbonyl (C=O) groups is 1. The molecule has 0 bridgehead atoms. The van der Waals surface area contributed by atoms with Gasteiger partial charge in [-0.1, -0.05) is 30.3 Å². The molecule has 5 heteroatoms. The molecule has 104 valence electrons. The van der Waals surface area contributed by atoms with Gasteiger partial charge in [0, 0.05) is 6.92 Å². The minimum atomic E-state index is -1.13. The number of ether oxygens (including phenoxy) is 1. The van der Waals surface area contributed by atoms with Crippen LogP contribution in [-0.4, -0.2) is 5.91 Å². The molecule has 0 radical (unpaired) electrons. The summed E-state index contributed by atoms with van der Waals surface area (Å²) in [5.74, 6) is -2.59. The van der Waals surface area contributed by atoms with Crippen LogP contribution in [0.5, 0.6) is 5.75 Å². The van der Waals surface area contributed by atoms with Crippen LogP contribution in [0.1, 0.15) is 12.5 Å². The van der Waals surface area contributed by atoms with Gasteiger partial charge in [-0.3, -0.25) is 4.79 Å². The van der Waals surface area contributed by atoms with Gasteiger partial charge in [-0.05, 0) is 17.7 Å². The number of benzene rings is 2. The lowest BCUT2D eigenvalue weighted by Crippen LogP contribution is -2.10. The highest BCUT2D eigenvalue weighted by molar-refractivity contribution is 5.90. The van der Waals surface area contributed by atoms with E-state index in [1.807, 2.05) is 30.3 Å². The third kappa shape index (κ3) is 3.32. The van der Waals surface area contributed by atoms with Gasteiger partial charge in [0.25, 0.3) is 0 Å². The zero-order valence-electron chi connectivity index (χ0n) is 10.8. The van der Waals surface area contributed by atoms with E-state index < -0.39 is 17.5 Å². The van der Waals surface area contributed by atoms with Gasteiger partial charge in [-0.25, -0.2) is 8.78 Å². The quantitative estimate of drug-likeness (QED) is 0.928. The summed E-state index contributed by atoms with van der Waals surface area (Å²) in [4.78, 5) is 11.0. The smallest absolute Gasteiger partial charge is 0.221 e. The van der Waals surface area contributed by atoms with Crippen LogP contribution in [0.2, 0.25) is 0 Å². The van der Waals surface area contributed by atoms with Crippen LogP contribution in [0, 0.1) is 11.6 Å². The average molecular weight is 277 g/mol. The molecule has 3 nitrogen and oxygen atoms in total. The first-order valence-corrected chi connectivity index (χ1v) is 6.00. The van der Waals surface area contributed by atoms with Crippen molar-refractivity contribution in [2.24, 2.45) is 0 Å². The van der Waals surface area contributed by atoms with Gasteiger partial charge in [-0.15, -0.1) is 0 Å². The molecule has 0 spiro atoms. The fraction of sp³-hybridized carbons (Fsp3) is 0.133. The average Bonchev–Trinajstić information content (AvgIpc) is 2.44. The first-order valence-electron chi connectivity index (χ1n) is 6.00. The minimum absolute atomic E-state index is 0.0861. The number of anilines is 1. The van der Waals surface area contributed by atoms with Gasteiger partial charge < -0.3 is 10.1 Å². The van der Waals surface area contributed by atoms with Crippen molar-refractivity contribution >= 4 is 11.6 Å². The third-order valence-electron chi connectivity index (χ3n) is 2.59. The van der Waals surface area contributed by atoms with Crippen LogP contribution in [0.3, 0.4) is 0 Å². The predicted molar refractivity (Wildman–Crippen MR) is 71.4 cm³/mol. The fourth-order valence-corrected chi connectivity index (χ4v) is 1.68. The molecule has 2 aromatic rings. The largest absolute Gasteiger partial charge is 0.487 e. The molecule has 20 heavy (non-hydrogen) atoms. The molecule has 2 rings (SSSR count). The van der Waals surface area contributed by atoms with Crippen molar-refractivity contribution < 1.29 is 18.3 Å². The van der Waals surface area contributed by atoms with E-state index in [0.717, 1.165) is 11.6 Å². The fourth-order valence-electron chi connectivity index (χ4n) is 1.68. The van der Waals surface area contributed by atoms with Gasteiger partial charge in [-0.2, -0.15) is 0 Å². The third-order valence-corrected chi connectivity index (χ3v) is 2.59. The molecule has 1 N–H and O–H groups in total. The normalized spacial score (nSPS) is 10.2. The standard InChI is InChI=1S/C15H13F2NO2/c1-10(19)18-15-13(8-7-12(16)14(15)17)20-9-11-5-3-2-4-6-11/h2-8H,9H2,1H3,(H,18,19). The Bertz CT molecular complexity index is 615. The minimum Gasteiger partial charge on any atom is -0.487 e. The molecule has 0 atom stereocenters. The van der Waals surface area contributed by atoms with E-state index in [0.29, 0.717) is 0 Å². The molecule has 2 aromatic carbocycles. The topological polar surface area (TPSA) is 38.3 Å². The highest BCUT2D eigenvalue weighted by Crippen LogP contribution is 2.30. The molecular weight excluding hydrogens is 264 g/mol. The molecular formula is C15H13F2NO2. The highest BCUT2D eigenvalue weighted by atomic mass is 19.2. The Morgan fingerprint density at radius 3 is 2.50 bits per heavy atom. The lowest BCUT2D eigenvalue weighted by molar-refractivity contribution is -0.114. The van der Waals surface area contributed by atoms with Gasteiger partial charge in [0.2, 0.25) is 5.91 Å². The molecule has 0 fully saturated rings. The molecule has 0 aliphatic rings. The van der Waals surface area contributed by atoms with Crippen molar-refractivity contribution in [1.29, 1.82) is 0 Å². The van der Waals surface area contributed by atoms with E-state index in [9.17, 15) is 13.6 Å². The second-order valence-electron chi connectivity index (χ2n) is 4.19. The maximum atomic E-state index is 13.7. The molecule has 0 saturated carbocycles. The SMILES string of the molecule is CC(=O)Nc1c(OCc2ccccc2)ccc(F)c1F. The zero-order valence-corrected chi connectivity index (χ0v) is 10.8. The number of nitrogens with one attached hydrogen (secondary N) is 1. The number of carbonyl (C=O) groups excluding carboxylic acids is 1. The Balaban J connectivity index is 2.22. The Morgan fingerprint density at radius 2 is 1.85 bits per heavy atom. The van der Waals surface area contributed by atoms with Gasteiger partial charge >= 0.3 is 0 Å². The lowest BCUT2D eigenvalue weighted by atomic mass is 10.2. The molecule has 0 aromatic heterocycles. The maximum Gasteiger partial charge on any atom is 0.221 e. The zero-order chi connectivity index (χ0) is 14.5. The van der Waals surface area contributed by atoms with Crippen molar-refractivity contribution in [3.63, 3.8) is 0 Å². The lowest BCUT2D eigenvalue weighted by Gasteiger charge is -2.13. The van der Waals surface area contributed by atoms with Crippen LogP contribution in [-0.2, 0) is 11.4 Å². The summed E-state index contributed by atoms with van der Waals surface area (Å²) in [5.41, 5.74) is 0.597. The van der Waals surface area contributed by atoms with Crippen LogP contribution in [0.4, 0.5) is 14.5 Å². The van der Waals surface area contributed by atoms with Crippen molar-refractivity contribution in [3.8, 4) is 5.75 Å². The summed E-state index contributed by atoms with van der Waals surface area (Å²) >= 11 is 0. The summed E-state index contributed by atoms with van der Waals surface area (Å²) in [6.45, 7) is 1.41. The molecule has 0 aliphatic heterocycles. The second kappa shape index (κ2) is 6.14. The van der Waals surface area contributed by atoms with Crippen LogP contribution >= 0.6 is 0 Å². The van der Waals surface area contributed by atoms with E-state index in [2.05, 4.69) is 5.32 Å². The summed E-state index contributed by atoms with van der Waals surface area (Å²) in [5, 5.41) is 2.24. The van der Waals surface area contributed by atoms with Crippen molar-refractivity contribution in [1.82, 2.24) is 0 Å². The Labute approximate surface area is 115 Å². The predicted octanol–water partition coefficient (Wildman–Crippen LogP) is 3.50. The number of hydrogen-bond acceptors (Lipinski definition) is 2. The monoisotopic (exact) mass is 277 g/mol. The Kier molecular flexibility index (Phi) is 4.30. The van der Waals surface area contributed by atoms with Crippen molar-refractivity contribution in [3.05, 3.63) is 59.7 Å². The van der Waals surface area contributed by atoms with E-state index in [1.165, 1.54) is 13.0 Å². The van der Waals surface area contributed by atoms with E-state index >= 15 is 0 Å². The van der Waals surface area contributed by atoms with Crippen molar-refractivity contribution in [2.45, 2.75) is 13.5 Å². The molecule has 0 heterocycles. The summed E-state index contributed by atoms with van der Waals surface area (Å²) in [6, 6.07) is 11.5. The van der Waals surface area contributed by atoms with E-state index in [1.54, 1.807) is 0 Å². The van der Waals surface area contributed by atoms with Crippen LogP contribution in [0.15, 0.2) is 42.5 Å². The molecule has 1 amide bonds. The molecule has 0 unspecified atom stereocenters. The van der Waals surface area contributed by atoms with Crippen LogP contribution in [0.25, 0.3) is 0 Å². The van der Waals surface area contributed by atoms with Gasteiger partial charge in [0.1, 0.15) is 18.0 Å². The second-order valence-corrected chi connectivity index (χ2v) is 4.19. The summed E-state index contributed by atoms with van der Waals surface area (Å²) in [7, 11) is 0. The van der Waals surface area contributed by atoms with E-state index in [-0.39, 0.29) is 18.0 Å². The van der Waals surface area contributed by atoms with E-state index in [4.69, 9.17) is 4.74 Å². The summed E-state index contributed by atoms with van der Waals surface area (Å²) in [6.07, 6.45) is 0. The Hall–Kier alpha value is -2.43.